The predicted octanol–water partition coefficient (Wildman–Crippen LogP) is 1.71. The van der Waals surface area contributed by atoms with Crippen molar-refractivity contribution in [3.63, 3.8) is 0 Å². The minimum atomic E-state index is 0.826. The highest BCUT2D eigenvalue weighted by Gasteiger charge is 2.12. The zero-order valence-electron chi connectivity index (χ0n) is 9.47. The standard InChI is InChI=1S/C11H19N3S2/c1(4-14-5-3-13-10-14)2-12-8-11-9-15-6-7-16-11/h3,5,10-12H,1-2,4,6-9H2. The summed E-state index contributed by atoms with van der Waals surface area (Å²) >= 11 is 4.21. The lowest BCUT2D eigenvalue weighted by atomic mass is 10.4. The fraction of sp³-hybridized carbons (Fsp3) is 0.727. The van der Waals surface area contributed by atoms with Gasteiger partial charge in [0.25, 0.3) is 0 Å². The third kappa shape index (κ3) is 4.39. The van der Waals surface area contributed by atoms with Gasteiger partial charge in [0.2, 0.25) is 0 Å². The maximum absolute atomic E-state index is 4.03. The van der Waals surface area contributed by atoms with Crippen molar-refractivity contribution in [2.75, 3.05) is 30.3 Å². The van der Waals surface area contributed by atoms with Crippen LogP contribution in [0.1, 0.15) is 6.42 Å². The van der Waals surface area contributed by atoms with Gasteiger partial charge in [-0.05, 0) is 13.0 Å². The van der Waals surface area contributed by atoms with E-state index in [1.807, 2.05) is 18.7 Å². The Hall–Kier alpha value is -0.130. The van der Waals surface area contributed by atoms with E-state index in [2.05, 4.69) is 38.4 Å². The van der Waals surface area contributed by atoms with Gasteiger partial charge in [-0.15, -0.1) is 0 Å². The molecule has 90 valence electrons. The molecule has 1 aliphatic rings. The van der Waals surface area contributed by atoms with Gasteiger partial charge in [-0.3, -0.25) is 0 Å². The number of aryl methyl sites for hydroxylation is 1. The largest absolute Gasteiger partial charge is 0.337 e. The monoisotopic (exact) mass is 257 g/mol. The number of nitrogens with one attached hydrogen (secondary N) is 1. The Morgan fingerprint density at radius 3 is 3.19 bits per heavy atom. The third-order valence-electron chi connectivity index (χ3n) is 2.59. The Balaban J connectivity index is 1.48. The van der Waals surface area contributed by atoms with Crippen LogP contribution < -0.4 is 5.32 Å². The molecule has 0 amide bonds. The zero-order chi connectivity index (χ0) is 11.1. The highest BCUT2D eigenvalue weighted by molar-refractivity contribution is 8.06. The van der Waals surface area contributed by atoms with Crippen LogP contribution >= 0.6 is 23.5 Å². The summed E-state index contributed by atoms with van der Waals surface area (Å²) in [5.41, 5.74) is 0. The summed E-state index contributed by atoms with van der Waals surface area (Å²) in [6, 6.07) is 0. The van der Waals surface area contributed by atoms with E-state index >= 15 is 0 Å². The van der Waals surface area contributed by atoms with Crippen molar-refractivity contribution in [3.05, 3.63) is 18.7 Å². The van der Waals surface area contributed by atoms with Crippen LogP contribution in [0.5, 0.6) is 0 Å². The van der Waals surface area contributed by atoms with E-state index in [1.54, 1.807) is 0 Å². The van der Waals surface area contributed by atoms with Crippen LogP contribution in [-0.4, -0.2) is 45.1 Å². The van der Waals surface area contributed by atoms with Crippen LogP contribution in [0.25, 0.3) is 0 Å². The number of hydrogen-bond donors (Lipinski definition) is 1. The van der Waals surface area contributed by atoms with Crippen molar-refractivity contribution in [2.45, 2.75) is 18.2 Å². The summed E-state index contributed by atoms with van der Waals surface area (Å²) in [6.45, 7) is 3.35. The molecule has 2 rings (SSSR count). The van der Waals surface area contributed by atoms with Crippen LogP contribution in [-0.2, 0) is 6.54 Å². The smallest absolute Gasteiger partial charge is 0.0945 e. The lowest BCUT2D eigenvalue weighted by Crippen LogP contribution is -2.29. The molecule has 1 N–H and O–H groups in total. The molecule has 1 aromatic rings. The van der Waals surface area contributed by atoms with Gasteiger partial charge in [-0.1, -0.05) is 0 Å². The van der Waals surface area contributed by atoms with Crippen LogP contribution in [0.4, 0.5) is 0 Å². The number of rotatable bonds is 6. The third-order valence-corrected chi connectivity index (χ3v) is 5.43. The maximum atomic E-state index is 4.03. The van der Waals surface area contributed by atoms with Gasteiger partial charge < -0.3 is 9.88 Å². The molecule has 1 aromatic heterocycles. The van der Waals surface area contributed by atoms with E-state index in [4.69, 9.17) is 0 Å². The molecule has 1 aliphatic heterocycles. The Bertz CT molecular complexity index is 271. The number of imidazole rings is 1. The second-order valence-electron chi connectivity index (χ2n) is 3.93. The van der Waals surface area contributed by atoms with Gasteiger partial charge in [0, 0.05) is 48.0 Å². The normalized spacial score (nSPS) is 21.1. The van der Waals surface area contributed by atoms with Gasteiger partial charge in [-0.25, -0.2) is 4.98 Å². The van der Waals surface area contributed by atoms with Gasteiger partial charge in [-0.2, -0.15) is 23.5 Å². The molecule has 16 heavy (non-hydrogen) atoms. The Morgan fingerprint density at radius 2 is 2.44 bits per heavy atom. The molecule has 1 unspecified atom stereocenters. The molecule has 0 saturated carbocycles. The lowest BCUT2D eigenvalue weighted by Gasteiger charge is -2.21. The topological polar surface area (TPSA) is 29.9 Å². The molecular weight excluding hydrogens is 238 g/mol. The summed E-state index contributed by atoms with van der Waals surface area (Å²) < 4.78 is 2.13. The van der Waals surface area contributed by atoms with E-state index in [0.29, 0.717) is 0 Å². The van der Waals surface area contributed by atoms with Crippen molar-refractivity contribution < 1.29 is 0 Å². The molecule has 2 heterocycles. The second kappa shape index (κ2) is 7.25. The number of hydrogen-bond acceptors (Lipinski definition) is 4. The minimum absolute atomic E-state index is 0.826. The van der Waals surface area contributed by atoms with Crippen molar-refractivity contribution in [2.24, 2.45) is 0 Å². The second-order valence-corrected chi connectivity index (χ2v) is 6.48. The summed E-state index contributed by atoms with van der Waals surface area (Å²) in [5, 5.41) is 4.38. The average molecular weight is 257 g/mol. The quantitative estimate of drug-likeness (QED) is 0.786. The lowest BCUT2D eigenvalue weighted by molar-refractivity contribution is 0.582. The first-order valence-electron chi connectivity index (χ1n) is 5.81. The van der Waals surface area contributed by atoms with Crippen LogP contribution in [0.3, 0.4) is 0 Å². The summed E-state index contributed by atoms with van der Waals surface area (Å²) in [4.78, 5) is 4.03. The number of thioether (sulfide) groups is 2. The van der Waals surface area contributed by atoms with Gasteiger partial charge in [0.15, 0.2) is 0 Å². The summed E-state index contributed by atoms with van der Waals surface area (Å²) in [7, 11) is 0. The minimum Gasteiger partial charge on any atom is -0.337 e. The van der Waals surface area contributed by atoms with Crippen molar-refractivity contribution >= 4 is 23.5 Å². The van der Waals surface area contributed by atoms with Crippen molar-refractivity contribution in [1.82, 2.24) is 14.9 Å². The molecular formula is C11H19N3S2. The van der Waals surface area contributed by atoms with Crippen LogP contribution in [0, 0.1) is 0 Å². The van der Waals surface area contributed by atoms with E-state index in [9.17, 15) is 0 Å². The molecule has 0 aromatic carbocycles. The van der Waals surface area contributed by atoms with E-state index in [1.165, 1.54) is 30.2 Å². The molecule has 3 nitrogen and oxygen atoms in total. The fourth-order valence-electron chi connectivity index (χ4n) is 1.72. The van der Waals surface area contributed by atoms with Gasteiger partial charge in [0.1, 0.15) is 0 Å². The SMILES string of the molecule is c1cn(CCCNCC2CSCCS2)cn1. The van der Waals surface area contributed by atoms with Crippen molar-refractivity contribution in [3.8, 4) is 0 Å². The highest BCUT2D eigenvalue weighted by Crippen LogP contribution is 2.23. The highest BCUT2D eigenvalue weighted by atomic mass is 32.2. The molecule has 0 radical (unpaired) electrons. The molecule has 5 heteroatoms. The molecule has 0 bridgehead atoms. The molecule has 0 spiro atoms. The van der Waals surface area contributed by atoms with Gasteiger partial charge >= 0.3 is 0 Å². The number of aromatic nitrogens is 2. The van der Waals surface area contributed by atoms with E-state index < -0.39 is 0 Å². The Kier molecular flexibility index (Phi) is 5.58. The first kappa shape index (κ1) is 12.3. The summed E-state index contributed by atoms with van der Waals surface area (Å²) in [6.07, 6.45) is 6.92. The summed E-state index contributed by atoms with van der Waals surface area (Å²) in [5.74, 6) is 3.98. The molecule has 1 atom stereocenters. The number of nitrogens with zero attached hydrogens (tertiary/aromatic N) is 2. The average Bonchev–Trinajstić information content (AvgIpc) is 2.83. The van der Waals surface area contributed by atoms with Crippen molar-refractivity contribution in [1.29, 1.82) is 0 Å². The predicted molar refractivity (Wildman–Crippen MR) is 73.3 cm³/mol. The van der Waals surface area contributed by atoms with Crippen LogP contribution in [0.2, 0.25) is 0 Å². The molecule has 1 saturated heterocycles. The van der Waals surface area contributed by atoms with Gasteiger partial charge in [0.05, 0.1) is 6.33 Å². The Labute approximate surface area is 106 Å². The van der Waals surface area contributed by atoms with E-state index in [-0.39, 0.29) is 0 Å². The molecule has 1 fully saturated rings. The zero-order valence-corrected chi connectivity index (χ0v) is 11.1. The first-order chi connectivity index (χ1) is 7.95. The fourth-order valence-corrected chi connectivity index (χ4v) is 4.37. The Morgan fingerprint density at radius 1 is 1.44 bits per heavy atom. The maximum Gasteiger partial charge on any atom is 0.0945 e. The van der Waals surface area contributed by atoms with E-state index in [0.717, 1.165) is 18.3 Å². The first-order valence-corrected chi connectivity index (χ1v) is 8.01. The van der Waals surface area contributed by atoms with Crippen LogP contribution in [0.15, 0.2) is 18.7 Å². The molecule has 0 aliphatic carbocycles.